The number of carbonyl (C=O) groups is 1. The molecule has 1 heterocycles. The third kappa shape index (κ3) is 6.02. The first-order valence-electron chi connectivity index (χ1n) is 11.2. The lowest BCUT2D eigenvalue weighted by atomic mass is 10.0. The highest BCUT2D eigenvalue weighted by atomic mass is 32.2. The van der Waals surface area contributed by atoms with Crippen LogP contribution in [0.4, 0.5) is 26.3 Å². The standard InChI is InChI=1S/C23H22F6N2O5S/c24-22(25,26)14-4-3-5-16(12-14)37(34,35)31(15-8-9-15)18-10-11-30(13-19(18)32)21(33)17-6-1-2-7-20(17)36-23(27,28)29/h1-7,12,15,18-19,32H,8-11,13H2/t18-,19-/m0/s1. The maximum absolute atomic E-state index is 13.4. The van der Waals surface area contributed by atoms with E-state index in [2.05, 4.69) is 4.74 Å². The molecule has 0 aromatic heterocycles. The van der Waals surface area contributed by atoms with E-state index in [1.54, 1.807) is 0 Å². The third-order valence-corrected chi connectivity index (χ3v) is 8.12. The number of hydrogen-bond donors (Lipinski definition) is 1. The molecule has 202 valence electrons. The number of para-hydroxylation sites is 1. The normalized spacial score (nSPS) is 21.2. The summed E-state index contributed by atoms with van der Waals surface area (Å²) in [6, 6.07) is 6.45. The molecule has 2 fully saturated rings. The fraction of sp³-hybridized carbons (Fsp3) is 0.435. The summed E-state index contributed by atoms with van der Waals surface area (Å²) in [4.78, 5) is 13.5. The molecule has 2 atom stereocenters. The van der Waals surface area contributed by atoms with Gasteiger partial charge in [-0.2, -0.15) is 17.5 Å². The van der Waals surface area contributed by atoms with Gasteiger partial charge in [0.05, 0.1) is 28.2 Å². The highest BCUT2D eigenvalue weighted by Gasteiger charge is 2.47. The lowest BCUT2D eigenvalue weighted by molar-refractivity contribution is -0.274. The summed E-state index contributed by atoms with van der Waals surface area (Å²) in [6.45, 7) is -0.507. The number of aliphatic hydroxyl groups excluding tert-OH is 1. The minimum absolute atomic E-state index is 0.0795. The minimum Gasteiger partial charge on any atom is -0.405 e. The quantitative estimate of drug-likeness (QED) is 0.547. The van der Waals surface area contributed by atoms with E-state index >= 15 is 0 Å². The van der Waals surface area contributed by atoms with Gasteiger partial charge < -0.3 is 14.7 Å². The molecule has 1 aliphatic carbocycles. The van der Waals surface area contributed by atoms with Crippen molar-refractivity contribution in [1.29, 1.82) is 0 Å². The molecule has 0 unspecified atom stereocenters. The monoisotopic (exact) mass is 552 g/mol. The SMILES string of the molecule is O=C(c1ccccc1OC(F)(F)F)N1CC[C@H](N(C2CC2)S(=O)(=O)c2cccc(C(F)(F)F)c2)[C@@H](O)C1. The Morgan fingerprint density at radius 1 is 1.00 bits per heavy atom. The van der Waals surface area contributed by atoms with Gasteiger partial charge in [-0.3, -0.25) is 4.79 Å². The maximum atomic E-state index is 13.4. The third-order valence-electron chi connectivity index (χ3n) is 6.15. The molecular formula is C23H22F6N2O5S. The van der Waals surface area contributed by atoms with Crippen molar-refractivity contribution in [3.63, 3.8) is 0 Å². The van der Waals surface area contributed by atoms with Crippen LogP contribution in [0.5, 0.6) is 5.75 Å². The molecule has 4 rings (SSSR count). The molecule has 7 nitrogen and oxygen atoms in total. The fourth-order valence-corrected chi connectivity index (χ4v) is 6.33. The second-order valence-electron chi connectivity index (χ2n) is 8.81. The number of amides is 1. The second kappa shape index (κ2) is 9.80. The number of rotatable bonds is 6. The van der Waals surface area contributed by atoms with E-state index in [4.69, 9.17) is 0 Å². The number of nitrogens with zero attached hydrogens (tertiary/aromatic N) is 2. The van der Waals surface area contributed by atoms with Gasteiger partial charge in [0.1, 0.15) is 5.75 Å². The first-order chi connectivity index (χ1) is 17.2. The van der Waals surface area contributed by atoms with Crippen molar-refractivity contribution in [2.24, 2.45) is 0 Å². The lowest BCUT2D eigenvalue weighted by Gasteiger charge is -2.41. The molecule has 1 saturated heterocycles. The Hall–Kier alpha value is -2.84. The Labute approximate surface area is 208 Å². The smallest absolute Gasteiger partial charge is 0.405 e. The zero-order valence-electron chi connectivity index (χ0n) is 19.0. The summed E-state index contributed by atoms with van der Waals surface area (Å²) >= 11 is 0. The molecule has 37 heavy (non-hydrogen) atoms. The fourth-order valence-electron chi connectivity index (χ4n) is 4.36. The van der Waals surface area contributed by atoms with Crippen LogP contribution in [0, 0.1) is 0 Å². The molecule has 1 aliphatic heterocycles. The molecule has 1 N–H and O–H groups in total. The van der Waals surface area contributed by atoms with Crippen molar-refractivity contribution in [2.75, 3.05) is 13.1 Å². The van der Waals surface area contributed by atoms with Gasteiger partial charge in [0.2, 0.25) is 10.0 Å². The van der Waals surface area contributed by atoms with Crippen molar-refractivity contribution in [3.8, 4) is 5.75 Å². The van der Waals surface area contributed by atoms with Gasteiger partial charge >= 0.3 is 12.5 Å². The van der Waals surface area contributed by atoms with Crippen LogP contribution in [0.3, 0.4) is 0 Å². The summed E-state index contributed by atoms with van der Waals surface area (Å²) < 4.78 is 109. The topological polar surface area (TPSA) is 87.2 Å². The van der Waals surface area contributed by atoms with Crippen LogP contribution in [-0.2, 0) is 16.2 Å². The van der Waals surface area contributed by atoms with Crippen LogP contribution >= 0.6 is 0 Å². The van der Waals surface area contributed by atoms with Crippen LogP contribution in [0.25, 0.3) is 0 Å². The van der Waals surface area contributed by atoms with Gasteiger partial charge in [-0.1, -0.05) is 18.2 Å². The van der Waals surface area contributed by atoms with E-state index in [1.165, 1.54) is 12.1 Å². The Balaban J connectivity index is 1.55. The van der Waals surface area contributed by atoms with Crippen LogP contribution in [0.2, 0.25) is 0 Å². The molecule has 0 bridgehead atoms. The molecule has 1 amide bonds. The highest BCUT2D eigenvalue weighted by molar-refractivity contribution is 7.89. The van der Waals surface area contributed by atoms with E-state index in [0.29, 0.717) is 18.9 Å². The Bertz CT molecular complexity index is 1260. The van der Waals surface area contributed by atoms with E-state index in [9.17, 15) is 44.7 Å². The van der Waals surface area contributed by atoms with E-state index in [1.807, 2.05) is 0 Å². The number of likely N-dealkylation sites (tertiary alicyclic amines) is 1. The van der Waals surface area contributed by atoms with Gasteiger partial charge in [-0.25, -0.2) is 8.42 Å². The van der Waals surface area contributed by atoms with Crippen LogP contribution in [-0.4, -0.2) is 66.3 Å². The molecule has 0 radical (unpaired) electrons. The first-order valence-corrected chi connectivity index (χ1v) is 12.7. The van der Waals surface area contributed by atoms with E-state index in [-0.39, 0.29) is 18.5 Å². The van der Waals surface area contributed by atoms with Crippen molar-refractivity contribution in [1.82, 2.24) is 9.21 Å². The van der Waals surface area contributed by atoms with Crippen LogP contribution < -0.4 is 4.74 Å². The lowest BCUT2D eigenvalue weighted by Crippen LogP contribution is -2.57. The number of piperidine rings is 1. The van der Waals surface area contributed by atoms with Gasteiger partial charge in [0, 0.05) is 19.1 Å². The number of carbonyl (C=O) groups excluding carboxylic acids is 1. The first kappa shape index (κ1) is 27.2. The molecule has 14 heteroatoms. The largest absolute Gasteiger partial charge is 0.573 e. The Morgan fingerprint density at radius 2 is 1.68 bits per heavy atom. The summed E-state index contributed by atoms with van der Waals surface area (Å²) in [6.07, 6.45) is -10.4. The van der Waals surface area contributed by atoms with Gasteiger partial charge in [-0.15, -0.1) is 13.2 Å². The van der Waals surface area contributed by atoms with Crippen molar-refractivity contribution in [3.05, 3.63) is 59.7 Å². The Morgan fingerprint density at radius 3 is 2.27 bits per heavy atom. The zero-order chi connectivity index (χ0) is 27.2. The molecule has 2 aromatic carbocycles. The number of sulfonamides is 1. The number of β-amino-alcohol motifs (C(OH)–C–C–N with tert-alkyl or cyclic N) is 1. The molecule has 0 spiro atoms. The summed E-state index contributed by atoms with van der Waals surface area (Å²) in [7, 11) is -4.45. The van der Waals surface area contributed by atoms with E-state index < -0.39 is 69.4 Å². The number of benzene rings is 2. The van der Waals surface area contributed by atoms with E-state index in [0.717, 1.165) is 39.5 Å². The minimum atomic E-state index is -5.04. The van der Waals surface area contributed by atoms with Crippen LogP contribution in [0.15, 0.2) is 53.4 Å². The number of alkyl halides is 6. The zero-order valence-corrected chi connectivity index (χ0v) is 19.9. The average molecular weight is 552 g/mol. The predicted octanol–water partition coefficient (Wildman–Crippen LogP) is 4.03. The summed E-state index contributed by atoms with van der Waals surface area (Å²) in [5.41, 5.74) is -1.52. The van der Waals surface area contributed by atoms with Crippen molar-refractivity contribution >= 4 is 15.9 Å². The van der Waals surface area contributed by atoms with Gasteiger partial charge in [0.15, 0.2) is 0 Å². The van der Waals surface area contributed by atoms with Crippen molar-refractivity contribution < 1.29 is 49.4 Å². The van der Waals surface area contributed by atoms with Crippen molar-refractivity contribution in [2.45, 2.75) is 54.9 Å². The number of aliphatic hydroxyl groups is 1. The molecule has 2 aliphatic rings. The van der Waals surface area contributed by atoms with Crippen LogP contribution in [0.1, 0.15) is 35.2 Å². The summed E-state index contributed by atoms with van der Waals surface area (Å²) in [5, 5.41) is 10.8. The highest BCUT2D eigenvalue weighted by Crippen LogP contribution is 2.38. The molecular weight excluding hydrogens is 530 g/mol. The van der Waals surface area contributed by atoms with Gasteiger partial charge in [0.25, 0.3) is 5.91 Å². The number of halogens is 6. The predicted molar refractivity (Wildman–Crippen MR) is 117 cm³/mol. The molecule has 1 saturated carbocycles. The maximum Gasteiger partial charge on any atom is 0.573 e. The summed E-state index contributed by atoms with van der Waals surface area (Å²) in [5.74, 6) is -1.57. The number of ether oxygens (including phenoxy) is 1. The molecule has 2 aromatic rings. The van der Waals surface area contributed by atoms with Gasteiger partial charge in [-0.05, 0) is 49.6 Å². The average Bonchev–Trinajstić information content (AvgIpc) is 3.63. The number of hydrogen-bond acceptors (Lipinski definition) is 5. The second-order valence-corrected chi connectivity index (χ2v) is 10.7. The Kier molecular flexibility index (Phi) is 7.20.